The third kappa shape index (κ3) is 5.23. The number of ketones is 1. The van der Waals surface area contributed by atoms with E-state index in [0.717, 1.165) is 5.56 Å². The largest absolute Gasteiger partial charge is 0.434 e. The summed E-state index contributed by atoms with van der Waals surface area (Å²) in [7, 11) is 1.45. The van der Waals surface area contributed by atoms with Crippen LogP contribution in [0.4, 0.5) is 14.5 Å². The molecule has 2 aromatic rings. The van der Waals surface area contributed by atoms with E-state index in [1.54, 1.807) is 23.1 Å². The van der Waals surface area contributed by atoms with Crippen molar-refractivity contribution in [2.75, 3.05) is 12.0 Å². The van der Waals surface area contributed by atoms with Crippen molar-refractivity contribution >= 4 is 17.2 Å². The summed E-state index contributed by atoms with van der Waals surface area (Å²) in [4.78, 5) is 20.7. The van der Waals surface area contributed by atoms with E-state index in [1.807, 2.05) is 51.1 Å². The zero-order valence-corrected chi connectivity index (χ0v) is 20.7. The number of rotatable bonds is 9. The van der Waals surface area contributed by atoms with Gasteiger partial charge in [0.1, 0.15) is 17.6 Å². The second-order valence-corrected chi connectivity index (χ2v) is 9.56. The number of halogens is 2. The van der Waals surface area contributed by atoms with Gasteiger partial charge in [0.2, 0.25) is 0 Å². The molecule has 0 spiro atoms. The van der Waals surface area contributed by atoms with E-state index in [0.29, 0.717) is 17.0 Å². The zero-order valence-electron chi connectivity index (χ0n) is 20.7. The number of para-hydroxylation sites is 1. The second kappa shape index (κ2) is 10.9. The highest BCUT2D eigenvalue weighted by atomic mass is 19.3. The van der Waals surface area contributed by atoms with Crippen LogP contribution in [-0.4, -0.2) is 43.0 Å². The minimum absolute atomic E-state index is 0.0463. The van der Waals surface area contributed by atoms with Gasteiger partial charge < -0.3 is 24.3 Å². The average molecular weight is 503 g/mol. The fourth-order valence-corrected chi connectivity index (χ4v) is 5.00. The Labute approximate surface area is 209 Å². The van der Waals surface area contributed by atoms with Gasteiger partial charge in [-0.2, -0.15) is 8.78 Å². The molecular formula is C27H32F2N2O5. The molecule has 0 saturated carbocycles. The monoisotopic (exact) mass is 502 g/mol. The lowest BCUT2D eigenvalue weighted by Crippen LogP contribution is -2.38. The summed E-state index contributed by atoms with van der Waals surface area (Å²) in [5.74, 6) is -0.376. The van der Waals surface area contributed by atoms with Crippen LogP contribution in [0.1, 0.15) is 44.4 Å². The Morgan fingerprint density at radius 1 is 1.17 bits per heavy atom. The van der Waals surface area contributed by atoms with E-state index >= 15 is 0 Å². The van der Waals surface area contributed by atoms with Gasteiger partial charge in [-0.25, -0.2) is 0 Å². The molecule has 4 rings (SSSR count). The van der Waals surface area contributed by atoms with Crippen molar-refractivity contribution in [2.24, 2.45) is 11.8 Å². The fraction of sp³-hybridized carbons (Fsp3) is 0.444. The van der Waals surface area contributed by atoms with E-state index in [9.17, 15) is 18.7 Å². The number of hydrogen-bond acceptors (Lipinski definition) is 7. The summed E-state index contributed by atoms with van der Waals surface area (Å²) < 4.78 is 37.1. The Morgan fingerprint density at radius 3 is 2.44 bits per heavy atom. The van der Waals surface area contributed by atoms with Crippen LogP contribution in [0.3, 0.4) is 0 Å². The third-order valence-corrected chi connectivity index (χ3v) is 6.46. The van der Waals surface area contributed by atoms with Gasteiger partial charge in [0.05, 0.1) is 18.0 Å². The van der Waals surface area contributed by atoms with Crippen LogP contribution in [0, 0.1) is 11.8 Å². The van der Waals surface area contributed by atoms with Crippen molar-refractivity contribution in [3.05, 3.63) is 65.7 Å². The standard InChI is InChI=1S/C27H32F2N2O5/c1-15(2)13-20(32)23-24(19-7-5-6-8-21(19)35-27(28)29)31(26(34-4)25(23)33)18-11-9-17(10-12-18)22-14-16(3)30-36-22/h5-12,14-16,23-27,30,33H,13H2,1-4H3. The van der Waals surface area contributed by atoms with E-state index in [2.05, 4.69) is 5.48 Å². The number of hydroxylamine groups is 1. The van der Waals surface area contributed by atoms with Gasteiger partial charge in [-0.1, -0.05) is 32.0 Å². The van der Waals surface area contributed by atoms with Gasteiger partial charge in [-0.05, 0) is 49.2 Å². The predicted molar refractivity (Wildman–Crippen MR) is 131 cm³/mol. The Kier molecular flexibility index (Phi) is 7.92. The highest BCUT2D eigenvalue weighted by molar-refractivity contribution is 5.85. The maximum Gasteiger partial charge on any atom is 0.387 e. The van der Waals surface area contributed by atoms with Crippen molar-refractivity contribution in [1.82, 2.24) is 5.48 Å². The molecule has 0 amide bonds. The fourth-order valence-electron chi connectivity index (χ4n) is 5.00. The Hall–Kier alpha value is -3.01. The minimum Gasteiger partial charge on any atom is -0.434 e. The molecule has 194 valence electrons. The first kappa shape index (κ1) is 26.1. The van der Waals surface area contributed by atoms with E-state index < -0.39 is 30.9 Å². The number of aliphatic hydroxyl groups is 1. The maximum atomic E-state index is 13.4. The number of alkyl halides is 2. The molecular weight excluding hydrogens is 470 g/mol. The number of aliphatic hydroxyl groups excluding tert-OH is 1. The molecule has 36 heavy (non-hydrogen) atoms. The second-order valence-electron chi connectivity index (χ2n) is 9.56. The third-order valence-electron chi connectivity index (χ3n) is 6.46. The lowest BCUT2D eigenvalue weighted by molar-refractivity contribution is -0.128. The van der Waals surface area contributed by atoms with Gasteiger partial charge in [0.25, 0.3) is 0 Å². The van der Waals surface area contributed by atoms with Crippen LogP contribution in [0.5, 0.6) is 5.75 Å². The van der Waals surface area contributed by atoms with Crippen LogP contribution in [-0.2, 0) is 14.4 Å². The van der Waals surface area contributed by atoms with Crippen molar-refractivity contribution in [1.29, 1.82) is 0 Å². The molecule has 2 aromatic carbocycles. The first-order valence-corrected chi connectivity index (χ1v) is 12.0. The number of carbonyl (C=O) groups is 1. The Morgan fingerprint density at radius 2 is 1.86 bits per heavy atom. The molecule has 0 aliphatic carbocycles. The molecule has 1 saturated heterocycles. The molecule has 0 aromatic heterocycles. The molecule has 5 atom stereocenters. The SMILES string of the molecule is COC1C(O)C(C(=O)CC(C)C)C(c2ccccc2OC(F)F)N1c1ccc(C2=CC(C)NO2)cc1. The van der Waals surface area contributed by atoms with Crippen LogP contribution in [0.25, 0.3) is 5.76 Å². The van der Waals surface area contributed by atoms with E-state index in [1.165, 1.54) is 13.2 Å². The number of benzene rings is 2. The van der Waals surface area contributed by atoms with Crippen molar-refractivity contribution < 1.29 is 33.0 Å². The molecule has 2 N–H and O–H groups in total. The molecule has 9 heteroatoms. The molecule has 1 fully saturated rings. The first-order valence-electron chi connectivity index (χ1n) is 12.0. The van der Waals surface area contributed by atoms with Crippen molar-refractivity contribution in [3.63, 3.8) is 0 Å². The normalized spacial score (nSPS) is 25.9. The minimum atomic E-state index is -3.04. The number of anilines is 1. The number of nitrogens with one attached hydrogen (secondary N) is 1. The van der Waals surface area contributed by atoms with Crippen LogP contribution >= 0.6 is 0 Å². The summed E-state index contributed by atoms with van der Waals surface area (Å²) in [5.41, 5.74) is 4.75. The number of Topliss-reactive ketones (excluding diaryl/α,β-unsaturated/α-hetero) is 1. The van der Waals surface area contributed by atoms with Gasteiger partial charge in [0, 0.05) is 30.3 Å². The highest BCUT2D eigenvalue weighted by Gasteiger charge is 2.53. The molecule has 2 aliphatic rings. The smallest absolute Gasteiger partial charge is 0.387 e. The van der Waals surface area contributed by atoms with Crippen LogP contribution < -0.4 is 15.1 Å². The predicted octanol–water partition coefficient (Wildman–Crippen LogP) is 4.68. The molecule has 0 bridgehead atoms. The Bertz CT molecular complexity index is 1090. The van der Waals surface area contributed by atoms with Gasteiger partial charge in [-0.15, -0.1) is 5.48 Å². The zero-order chi connectivity index (χ0) is 26.0. The van der Waals surface area contributed by atoms with Crippen molar-refractivity contribution in [3.8, 4) is 5.75 Å². The topological polar surface area (TPSA) is 80.3 Å². The van der Waals surface area contributed by atoms with Crippen LogP contribution in [0.2, 0.25) is 0 Å². The van der Waals surface area contributed by atoms with Gasteiger partial charge in [-0.3, -0.25) is 4.79 Å². The summed E-state index contributed by atoms with van der Waals surface area (Å²) in [5, 5.41) is 11.3. The Balaban J connectivity index is 1.80. The first-order chi connectivity index (χ1) is 17.2. The highest BCUT2D eigenvalue weighted by Crippen LogP contribution is 2.48. The molecule has 2 heterocycles. The van der Waals surface area contributed by atoms with E-state index in [-0.39, 0.29) is 29.9 Å². The van der Waals surface area contributed by atoms with Gasteiger partial charge >= 0.3 is 6.61 Å². The number of nitrogens with zero attached hydrogens (tertiary/aromatic N) is 1. The summed E-state index contributed by atoms with van der Waals surface area (Å²) in [6.07, 6.45) is 0.117. The lowest BCUT2D eigenvalue weighted by atomic mass is 9.84. The molecule has 2 aliphatic heterocycles. The summed E-state index contributed by atoms with van der Waals surface area (Å²) in [6.45, 7) is 2.77. The lowest BCUT2D eigenvalue weighted by Gasteiger charge is -2.33. The molecule has 5 unspecified atom stereocenters. The van der Waals surface area contributed by atoms with Gasteiger partial charge in [0.15, 0.2) is 12.0 Å². The average Bonchev–Trinajstić information content (AvgIpc) is 3.39. The maximum absolute atomic E-state index is 13.4. The summed E-state index contributed by atoms with van der Waals surface area (Å²) >= 11 is 0. The van der Waals surface area contributed by atoms with Crippen molar-refractivity contribution in [2.45, 2.75) is 58.2 Å². The number of carbonyl (C=O) groups excluding carboxylic acids is 1. The number of methoxy groups -OCH3 is 1. The van der Waals surface area contributed by atoms with E-state index in [4.69, 9.17) is 14.3 Å². The summed E-state index contributed by atoms with van der Waals surface area (Å²) in [6, 6.07) is 13.1. The molecule has 0 radical (unpaired) electrons. The quantitative estimate of drug-likeness (QED) is 0.516. The number of ether oxygens (including phenoxy) is 2. The van der Waals surface area contributed by atoms with Crippen LogP contribution in [0.15, 0.2) is 54.6 Å². The number of hydrogen-bond donors (Lipinski definition) is 2. The molecule has 7 nitrogen and oxygen atoms in total.